The quantitative estimate of drug-likeness (QED) is 0.127. The Labute approximate surface area is 357 Å². The predicted molar refractivity (Wildman–Crippen MR) is 240 cm³/mol. The zero-order valence-electron chi connectivity index (χ0n) is 31.0. The van der Waals surface area contributed by atoms with Gasteiger partial charge in [-0.2, -0.15) is 0 Å². The van der Waals surface area contributed by atoms with Crippen LogP contribution in [0, 0.1) is 7.14 Å². The Morgan fingerprint density at radius 1 is 0.404 bits per heavy atom. The molecule has 1 heterocycles. The van der Waals surface area contributed by atoms with Crippen molar-refractivity contribution >= 4 is 66.7 Å². The van der Waals surface area contributed by atoms with Crippen LogP contribution < -0.4 is 33.2 Å². The molecule has 0 fully saturated rings. The normalized spacial score (nSPS) is 12.0. The van der Waals surface area contributed by atoms with Crippen LogP contribution in [0.15, 0.2) is 146 Å². The van der Waals surface area contributed by atoms with Crippen LogP contribution in [0.4, 0.5) is 0 Å². The second-order valence-corrected chi connectivity index (χ2v) is 15.7. The number of ether oxygens (including phenoxy) is 7. The molecule has 0 radical (unpaired) electrons. The lowest BCUT2D eigenvalue weighted by Crippen LogP contribution is -2.13. The minimum atomic E-state index is -0.185. The molecule has 1 aliphatic rings. The Balaban J connectivity index is 1.16. The highest BCUT2D eigenvalue weighted by Crippen LogP contribution is 2.53. The molecule has 0 atom stereocenters. The molecule has 9 heteroatoms. The zero-order chi connectivity index (χ0) is 39.0. The first-order valence-electron chi connectivity index (χ1n) is 18.1. The highest BCUT2D eigenvalue weighted by Gasteiger charge is 2.33. The molecule has 8 aromatic rings. The van der Waals surface area contributed by atoms with Gasteiger partial charge < -0.3 is 33.2 Å². The van der Waals surface area contributed by atoms with Gasteiger partial charge in [0.05, 0.1) is 28.5 Å². The average Bonchev–Trinajstić information content (AvgIpc) is 3.24. The second-order valence-electron chi connectivity index (χ2n) is 13.4. The van der Waals surface area contributed by atoms with Crippen molar-refractivity contribution in [3.8, 4) is 63.2 Å². The molecule has 0 spiro atoms. The molecule has 1 aliphatic heterocycles. The molecule has 282 valence electrons. The Bertz CT molecular complexity index is 2610. The van der Waals surface area contributed by atoms with Crippen LogP contribution in [-0.2, 0) is 0 Å². The van der Waals surface area contributed by atoms with Gasteiger partial charge in [-0.25, -0.2) is 0 Å². The number of methoxy groups -OCH3 is 3. The van der Waals surface area contributed by atoms with E-state index in [1.54, 1.807) is 21.3 Å². The number of rotatable bonds is 10. The van der Waals surface area contributed by atoms with Gasteiger partial charge in [-0.05, 0) is 194 Å². The molecule has 0 unspecified atom stereocenters. The molecular weight excluding hydrogens is 942 g/mol. The largest absolute Gasteiger partial charge is 0.497 e. The number of benzene rings is 8. The third-order valence-electron chi connectivity index (χ3n) is 10.0. The van der Waals surface area contributed by atoms with E-state index < -0.39 is 0 Å². The summed E-state index contributed by atoms with van der Waals surface area (Å²) in [6.07, 6.45) is 0. The molecule has 0 N–H and O–H groups in total. The summed E-state index contributed by atoms with van der Waals surface area (Å²) in [5.74, 6) is 8.23. The summed E-state index contributed by atoms with van der Waals surface area (Å²) in [7, 11) is 4.96. The van der Waals surface area contributed by atoms with Crippen LogP contribution in [0.1, 0.15) is 22.6 Å². The molecule has 7 nitrogen and oxygen atoms in total. The molecule has 9 rings (SSSR count). The minimum Gasteiger partial charge on any atom is -0.497 e. The molecule has 0 amide bonds. The highest BCUT2D eigenvalue weighted by molar-refractivity contribution is 14.1. The molecule has 0 aromatic heterocycles. The maximum atomic E-state index is 6.80. The number of halogens is 2. The zero-order valence-corrected chi connectivity index (χ0v) is 35.4. The lowest BCUT2D eigenvalue weighted by molar-refractivity contribution is 0.412. The predicted octanol–water partition coefficient (Wildman–Crippen LogP) is 13.9. The topological polar surface area (TPSA) is 64.6 Å². The molecule has 57 heavy (non-hydrogen) atoms. The van der Waals surface area contributed by atoms with E-state index in [9.17, 15) is 0 Å². The second kappa shape index (κ2) is 15.7. The van der Waals surface area contributed by atoms with E-state index >= 15 is 0 Å². The summed E-state index contributed by atoms with van der Waals surface area (Å²) < 4.78 is 43.9. The molecule has 8 aromatic carbocycles. The van der Waals surface area contributed by atoms with Gasteiger partial charge in [0.25, 0.3) is 0 Å². The van der Waals surface area contributed by atoms with Crippen molar-refractivity contribution in [2.24, 2.45) is 0 Å². The van der Waals surface area contributed by atoms with Gasteiger partial charge in [-0.1, -0.05) is 24.3 Å². The SMILES string of the molecule is COc1ccc(Oc2ccc3c4c(ccc3c2)Oc2ccc3cc(Oc5ccc(OC)cc5)ccc3c2C4c2cc(I)c(Oc3ccc(OC)cc3)c(I)c2)cc1. The van der Waals surface area contributed by atoms with Gasteiger partial charge in [0.15, 0.2) is 5.75 Å². The van der Waals surface area contributed by atoms with Crippen molar-refractivity contribution < 1.29 is 33.2 Å². The number of hydrogen-bond donors (Lipinski definition) is 0. The smallest absolute Gasteiger partial charge is 0.154 e. The summed E-state index contributed by atoms with van der Waals surface area (Å²) in [4.78, 5) is 0. The third-order valence-corrected chi connectivity index (χ3v) is 11.6. The van der Waals surface area contributed by atoms with Crippen LogP contribution in [0.2, 0.25) is 0 Å². The Hall–Kier alpha value is -5.66. The Morgan fingerprint density at radius 3 is 1.18 bits per heavy atom. The fraction of sp³-hybridized carbons (Fsp3) is 0.0833. The monoisotopic (exact) mass is 976 g/mol. The summed E-state index contributed by atoms with van der Waals surface area (Å²) in [5.41, 5.74) is 3.28. The first kappa shape index (κ1) is 36.9. The summed E-state index contributed by atoms with van der Waals surface area (Å²) >= 11 is 4.78. The lowest BCUT2D eigenvalue weighted by Gasteiger charge is -2.31. The maximum absolute atomic E-state index is 6.80. The van der Waals surface area contributed by atoms with Crippen molar-refractivity contribution in [2.75, 3.05) is 21.3 Å². The molecule has 0 saturated carbocycles. The van der Waals surface area contributed by atoms with Gasteiger partial charge >= 0.3 is 0 Å². The van der Waals surface area contributed by atoms with Gasteiger partial charge in [-0.3, -0.25) is 0 Å². The van der Waals surface area contributed by atoms with E-state index in [1.165, 1.54) is 0 Å². The fourth-order valence-electron chi connectivity index (χ4n) is 7.29. The van der Waals surface area contributed by atoms with E-state index in [-0.39, 0.29) is 5.92 Å². The molecular formula is C48H34I2O7. The summed E-state index contributed by atoms with van der Waals surface area (Å²) in [6.45, 7) is 0. The molecule has 0 aliphatic carbocycles. The van der Waals surface area contributed by atoms with Crippen molar-refractivity contribution in [1.82, 2.24) is 0 Å². The first-order valence-corrected chi connectivity index (χ1v) is 20.3. The van der Waals surface area contributed by atoms with Gasteiger partial charge in [-0.15, -0.1) is 0 Å². The van der Waals surface area contributed by atoms with E-state index in [0.29, 0.717) is 0 Å². The summed E-state index contributed by atoms with van der Waals surface area (Å²) in [5, 5.41) is 4.22. The Morgan fingerprint density at radius 2 is 0.772 bits per heavy atom. The van der Waals surface area contributed by atoms with Crippen LogP contribution >= 0.6 is 45.2 Å². The van der Waals surface area contributed by atoms with Gasteiger partial charge in [0.2, 0.25) is 0 Å². The van der Waals surface area contributed by atoms with Crippen molar-refractivity contribution in [2.45, 2.75) is 5.92 Å². The van der Waals surface area contributed by atoms with E-state index in [1.807, 2.05) is 84.9 Å². The van der Waals surface area contributed by atoms with Gasteiger partial charge in [0, 0.05) is 17.0 Å². The highest BCUT2D eigenvalue weighted by atomic mass is 127. The van der Waals surface area contributed by atoms with E-state index in [0.717, 1.165) is 109 Å². The molecule has 0 bridgehead atoms. The number of fused-ring (bicyclic) bond motifs is 6. The van der Waals surface area contributed by atoms with Crippen LogP contribution in [0.25, 0.3) is 21.5 Å². The molecule has 0 saturated heterocycles. The van der Waals surface area contributed by atoms with E-state index in [2.05, 4.69) is 106 Å². The van der Waals surface area contributed by atoms with Crippen molar-refractivity contribution in [1.29, 1.82) is 0 Å². The van der Waals surface area contributed by atoms with Crippen LogP contribution in [-0.4, -0.2) is 21.3 Å². The van der Waals surface area contributed by atoms with E-state index in [4.69, 9.17) is 33.2 Å². The van der Waals surface area contributed by atoms with Crippen molar-refractivity contribution in [3.63, 3.8) is 0 Å². The van der Waals surface area contributed by atoms with Crippen LogP contribution in [0.3, 0.4) is 0 Å². The standard InChI is InChI=1S/C48H34I2O7/c1-51-31-6-12-34(13-7-31)54-37-18-20-39-28(24-37)4-22-43-46(39)45(30-26-41(49)48(42(50)27-30)56-36-16-10-33(53-3)11-17-36)47-40-21-19-38(25-29(40)5-23-44(47)57-43)55-35-14-8-32(52-2)9-15-35/h4-27,45H,1-3H3. The Kier molecular flexibility index (Phi) is 10.2. The van der Waals surface area contributed by atoms with Crippen molar-refractivity contribution in [3.05, 3.63) is 169 Å². The third kappa shape index (κ3) is 7.37. The summed E-state index contributed by atoms with van der Waals surface area (Å²) in [6, 6.07) is 48.1. The van der Waals surface area contributed by atoms with Crippen LogP contribution in [0.5, 0.6) is 63.2 Å². The average molecular weight is 977 g/mol. The minimum absolute atomic E-state index is 0.185. The lowest BCUT2D eigenvalue weighted by atomic mass is 9.78. The first-order chi connectivity index (χ1) is 27.9. The van der Waals surface area contributed by atoms with Gasteiger partial charge in [0.1, 0.15) is 57.5 Å². The fourth-order valence-corrected chi connectivity index (χ4v) is 9.32. The maximum Gasteiger partial charge on any atom is 0.154 e. The number of hydrogen-bond acceptors (Lipinski definition) is 7.